The molecule has 3 rings (SSSR count). The Morgan fingerprint density at radius 3 is 2.56 bits per heavy atom. The summed E-state index contributed by atoms with van der Waals surface area (Å²) in [6.45, 7) is -0.698. The minimum atomic E-state index is -0.906. The first kappa shape index (κ1) is 18.3. The largest absolute Gasteiger partial charge is 0.489 e. The molecule has 0 radical (unpaired) electrons. The summed E-state index contributed by atoms with van der Waals surface area (Å²) in [4.78, 5) is 24.1. The molecule has 5 nitrogen and oxygen atoms in total. The van der Waals surface area contributed by atoms with Crippen LogP contribution in [0.25, 0.3) is 0 Å². The van der Waals surface area contributed by atoms with Gasteiger partial charge in [-0.2, -0.15) is 0 Å². The lowest BCUT2D eigenvalue weighted by Gasteiger charge is -2.07. The summed E-state index contributed by atoms with van der Waals surface area (Å²) >= 11 is 0. The Balaban J connectivity index is 1.61. The van der Waals surface area contributed by atoms with Gasteiger partial charge in [-0.25, -0.2) is 13.6 Å². The van der Waals surface area contributed by atoms with E-state index < -0.39 is 35.6 Å². The second-order valence-electron chi connectivity index (χ2n) is 5.50. The van der Waals surface area contributed by atoms with Crippen LogP contribution >= 0.6 is 0 Å². The molecule has 0 unspecified atom stereocenters. The number of hydrogen-bond acceptors (Lipinski definition) is 5. The van der Waals surface area contributed by atoms with E-state index in [-0.39, 0.29) is 12.4 Å². The zero-order chi connectivity index (χ0) is 19.2. The Hall–Kier alpha value is -3.48. The number of carbonyl (C=O) groups is 2. The molecule has 0 N–H and O–H groups in total. The van der Waals surface area contributed by atoms with Gasteiger partial charge in [0.2, 0.25) is 11.5 Å². The standard InChI is InChI=1S/C20H14F2O5/c21-14-6-7-17(22)16(10-14)18(23)12-27-20(24)19-13(8-9-25-19)11-26-15-4-2-1-3-5-15/h1-10H,11-12H2. The zero-order valence-electron chi connectivity index (χ0n) is 14.0. The van der Waals surface area contributed by atoms with Crippen molar-refractivity contribution in [2.75, 3.05) is 6.61 Å². The molecular weight excluding hydrogens is 358 g/mol. The number of furan rings is 1. The minimum Gasteiger partial charge on any atom is -0.489 e. The van der Waals surface area contributed by atoms with Gasteiger partial charge in [0, 0.05) is 5.56 Å². The number of Topliss-reactive ketones (excluding diaryl/α,β-unsaturated/α-hetero) is 1. The first-order chi connectivity index (χ1) is 13.0. The zero-order valence-corrected chi connectivity index (χ0v) is 14.0. The van der Waals surface area contributed by atoms with Gasteiger partial charge < -0.3 is 13.9 Å². The smallest absolute Gasteiger partial charge is 0.375 e. The summed E-state index contributed by atoms with van der Waals surface area (Å²) in [5.74, 6) is -2.95. The number of carbonyl (C=O) groups excluding carboxylic acids is 2. The van der Waals surface area contributed by atoms with Gasteiger partial charge in [-0.1, -0.05) is 18.2 Å². The highest BCUT2D eigenvalue weighted by Crippen LogP contribution is 2.17. The van der Waals surface area contributed by atoms with Crippen LogP contribution in [0.4, 0.5) is 8.78 Å². The van der Waals surface area contributed by atoms with E-state index in [4.69, 9.17) is 13.9 Å². The summed E-state index contributed by atoms with van der Waals surface area (Å²) in [5, 5.41) is 0. The molecule has 3 aromatic rings. The third kappa shape index (κ3) is 4.58. The summed E-state index contributed by atoms with van der Waals surface area (Å²) in [6.07, 6.45) is 1.29. The van der Waals surface area contributed by atoms with Crippen LogP contribution in [-0.4, -0.2) is 18.4 Å². The fraction of sp³-hybridized carbons (Fsp3) is 0.100. The summed E-state index contributed by atoms with van der Waals surface area (Å²) in [5.41, 5.74) is -0.0666. The van der Waals surface area contributed by atoms with Gasteiger partial charge in [0.1, 0.15) is 24.0 Å². The molecule has 27 heavy (non-hydrogen) atoms. The number of rotatable bonds is 7. The Kier molecular flexibility index (Phi) is 5.61. The van der Waals surface area contributed by atoms with Crippen molar-refractivity contribution < 1.29 is 32.3 Å². The lowest BCUT2D eigenvalue weighted by atomic mass is 10.1. The molecule has 0 saturated heterocycles. The number of para-hydroxylation sites is 1. The van der Waals surface area contributed by atoms with E-state index >= 15 is 0 Å². The van der Waals surface area contributed by atoms with Gasteiger partial charge in [-0.05, 0) is 36.4 Å². The van der Waals surface area contributed by atoms with Gasteiger partial charge >= 0.3 is 5.97 Å². The summed E-state index contributed by atoms with van der Waals surface area (Å²) in [6, 6.07) is 13.0. The van der Waals surface area contributed by atoms with E-state index in [0.29, 0.717) is 11.3 Å². The number of halogens is 2. The number of benzene rings is 2. The van der Waals surface area contributed by atoms with E-state index in [1.165, 1.54) is 12.3 Å². The van der Waals surface area contributed by atoms with E-state index in [2.05, 4.69) is 0 Å². The molecule has 0 saturated carbocycles. The molecular formula is C20H14F2O5. The second kappa shape index (κ2) is 8.27. The molecule has 0 bridgehead atoms. The van der Waals surface area contributed by atoms with Crippen LogP contribution in [0.15, 0.2) is 65.3 Å². The fourth-order valence-electron chi connectivity index (χ4n) is 2.29. The average Bonchev–Trinajstić information content (AvgIpc) is 3.15. The van der Waals surface area contributed by atoms with Crippen LogP contribution in [-0.2, 0) is 11.3 Å². The molecule has 1 heterocycles. The molecule has 0 aliphatic rings. The Labute approximate surface area is 153 Å². The monoisotopic (exact) mass is 372 g/mol. The maximum atomic E-state index is 13.6. The van der Waals surface area contributed by atoms with Crippen molar-refractivity contribution in [3.63, 3.8) is 0 Å². The van der Waals surface area contributed by atoms with E-state index in [1.54, 1.807) is 24.3 Å². The quantitative estimate of drug-likeness (QED) is 0.460. The third-order valence-electron chi connectivity index (χ3n) is 3.63. The van der Waals surface area contributed by atoms with Crippen LogP contribution in [0.1, 0.15) is 26.5 Å². The minimum absolute atomic E-state index is 0.0530. The predicted molar refractivity (Wildman–Crippen MR) is 90.5 cm³/mol. The van der Waals surface area contributed by atoms with Crippen molar-refractivity contribution in [3.05, 3.63) is 89.4 Å². The lowest BCUT2D eigenvalue weighted by molar-refractivity contribution is 0.0439. The average molecular weight is 372 g/mol. The van der Waals surface area contributed by atoms with E-state index in [1.807, 2.05) is 6.07 Å². The number of ether oxygens (including phenoxy) is 2. The molecule has 0 atom stereocenters. The van der Waals surface area contributed by atoms with Gasteiger partial charge in [-0.3, -0.25) is 4.79 Å². The maximum absolute atomic E-state index is 13.6. The molecule has 1 aromatic heterocycles. The first-order valence-corrected chi connectivity index (χ1v) is 7.94. The van der Waals surface area contributed by atoms with Crippen molar-refractivity contribution in [1.82, 2.24) is 0 Å². The van der Waals surface area contributed by atoms with Crippen molar-refractivity contribution in [2.24, 2.45) is 0 Å². The molecule has 138 valence electrons. The van der Waals surface area contributed by atoms with Crippen molar-refractivity contribution in [2.45, 2.75) is 6.61 Å². The highest BCUT2D eigenvalue weighted by Gasteiger charge is 2.20. The Morgan fingerprint density at radius 1 is 1.00 bits per heavy atom. The Bertz CT molecular complexity index is 950. The number of ketones is 1. The molecule has 7 heteroatoms. The normalized spacial score (nSPS) is 10.4. The maximum Gasteiger partial charge on any atom is 0.375 e. The van der Waals surface area contributed by atoms with Gasteiger partial charge in [0.25, 0.3) is 0 Å². The van der Waals surface area contributed by atoms with Crippen molar-refractivity contribution >= 4 is 11.8 Å². The number of hydrogen-bond donors (Lipinski definition) is 0. The van der Waals surface area contributed by atoms with Crippen molar-refractivity contribution in [3.8, 4) is 5.75 Å². The van der Waals surface area contributed by atoms with Gasteiger partial charge in [0.05, 0.1) is 11.8 Å². The summed E-state index contributed by atoms with van der Waals surface area (Å²) in [7, 11) is 0. The first-order valence-electron chi connectivity index (χ1n) is 7.94. The summed E-state index contributed by atoms with van der Waals surface area (Å²) < 4.78 is 42.2. The molecule has 0 spiro atoms. The van der Waals surface area contributed by atoms with E-state index in [0.717, 1.165) is 18.2 Å². The van der Waals surface area contributed by atoms with Gasteiger partial charge in [-0.15, -0.1) is 0 Å². The SMILES string of the molecule is O=C(COC(=O)c1occc1COc1ccccc1)c1cc(F)ccc1F. The highest BCUT2D eigenvalue weighted by atomic mass is 19.1. The van der Waals surface area contributed by atoms with Gasteiger partial charge in [0.15, 0.2) is 6.61 Å². The molecule has 0 aliphatic carbocycles. The van der Waals surface area contributed by atoms with Crippen LogP contribution in [0.5, 0.6) is 5.75 Å². The van der Waals surface area contributed by atoms with Crippen LogP contribution in [0.3, 0.4) is 0 Å². The highest BCUT2D eigenvalue weighted by molar-refractivity contribution is 5.99. The Morgan fingerprint density at radius 2 is 1.78 bits per heavy atom. The lowest BCUT2D eigenvalue weighted by Crippen LogP contribution is -2.16. The molecule has 2 aromatic carbocycles. The molecule has 0 fully saturated rings. The van der Waals surface area contributed by atoms with E-state index in [9.17, 15) is 18.4 Å². The van der Waals surface area contributed by atoms with Crippen molar-refractivity contribution in [1.29, 1.82) is 0 Å². The predicted octanol–water partition coefficient (Wildman–Crippen LogP) is 4.18. The van der Waals surface area contributed by atoms with Crippen LogP contribution in [0.2, 0.25) is 0 Å². The number of esters is 1. The molecule has 0 amide bonds. The third-order valence-corrected chi connectivity index (χ3v) is 3.63. The van der Waals surface area contributed by atoms with Crippen LogP contribution in [0, 0.1) is 11.6 Å². The van der Waals surface area contributed by atoms with Crippen LogP contribution < -0.4 is 4.74 Å². The molecule has 0 aliphatic heterocycles. The fourth-order valence-corrected chi connectivity index (χ4v) is 2.29. The second-order valence-corrected chi connectivity index (χ2v) is 5.50. The topological polar surface area (TPSA) is 65.7 Å².